The molecule has 1 N–H and O–H groups in total. The third-order valence-corrected chi connectivity index (χ3v) is 5.31. The van der Waals surface area contributed by atoms with Gasteiger partial charge < -0.3 is 5.32 Å². The molecule has 0 saturated carbocycles. The van der Waals surface area contributed by atoms with Crippen molar-refractivity contribution in [1.82, 2.24) is 15.2 Å². The predicted molar refractivity (Wildman–Crippen MR) is 89.0 cm³/mol. The molecule has 1 aliphatic rings. The van der Waals surface area contributed by atoms with E-state index in [9.17, 15) is 0 Å². The number of piperazine rings is 1. The summed E-state index contributed by atoms with van der Waals surface area (Å²) >= 11 is 1.93. The number of pyridine rings is 1. The highest BCUT2D eigenvalue weighted by molar-refractivity contribution is 7.12. The van der Waals surface area contributed by atoms with E-state index < -0.39 is 0 Å². The third-order valence-electron chi connectivity index (χ3n) is 4.03. The molecule has 3 rings (SSSR count). The zero-order valence-electron chi connectivity index (χ0n) is 12.8. The summed E-state index contributed by atoms with van der Waals surface area (Å²) in [6.45, 7) is 8.61. The van der Waals surface area contributed by atoms with Crippen molar-refractivity contribution in [2.24, 2.45) is 0 Å². The van der Waals surface area contributed by atoms with Gasteiger partial charge in [0, 0.05) is 42.1 Å². The fourth-order valence-electron chi connectivity index (χ4n) is 2.83. The Balaban J connectivity index is 1.95. The lowest BCUT2D eigenvalue weighted by molar-refractivity contribution is 0.198. The lowest BCUT2D eigenvalue weighted by Gasteiger charge is -2.34. The first kappa shape index (κ1) is 14.7. The molecule has 4 heteroatoms. The number of hydrogen-bond donors (Lipinski definition) is 1. The van der Waals surface area contributed by atoms with Gasteiger partial charge in [0.2, 0.25) is 0 Å². The van der Waals surface area contributed by atoms with Crippen LogP contribution in [0.3, 0.4) is 0 Å². The quantitative estimate of drug-likeness (QED) is 0.941. The zero-order valence-corrected chi connectivity index (χ0v) is 13.6. The van der Waals surface area contributed by atoms with E-state index in [0.717, 1.165) is 32.6 Å². The van der Waals surface area contributed by atoms with E-state index in [1.165, 1.54) is 21.0 Å². The minimum Gasteiger partial charge on any atom is -0.314 e. The van der Waals surface area contributed by atoms with Crippen LogP contribution in [0.5, 0.6) is 0 Å². The Morgan fingerprint density at radius 2 is 2.05 bits per heavy atom. The van der Waals surface area contributed by atoms with Crippen molar-refractivity contribution >= 4 is 11.3 Å². The first-order chi connectivity index (χ1) is 10.3. The Bertz CT molecular complexity index is 570. The zero-order chi connectivity index (χ0) is 14.7. The van der Waals surface area contributed by atoms with Gasteiger partial charge in [-0.1, -0.05) is 13.0 Å². The topological polar surface area (TPSA) is 28.2 Å². The number of aromatic nitrogens is 1. The van der Waals surface area contributed by atoms with Crippen LogP contribution in [0.25, 0.3) is 0 Å². The van der Waals surface area contributed by atoms with Crippen LogP contribution in [-0.2, 0) is 6.42 Å². The van der Waals surface area contributed by atoms with Gasteiger partial charge in [-0.2, -0.15) is 0 Å². The number of nitrogens with zero attached hydrogens (tertiary/aromatic N) is 2. The van der Waals surface area contributed by atoms with Crippen LogP contribution in [0.4, 0.5) is 0 Å². The van der Waals surface area contributed by atoms with Gasteiger partial charge >= 0.3 is 0 Å². The summed E-state index contributed by atoms with van der Waals surface area (Å²) in [7, 11) is 0. The minimum atomic E-state index is 0.304. The Labute approximate surface area is 131 Å². The molecule has 3 heterocycles. The fourth-order valence-corrected chi connectivity index (χ4v) is 3.93. The largest absolute Gasteiger partial charge is 0.314 e. The second-order valence-electron chi connectivity index (χ2n) is 5.61. The molecule has 0 radical (unpaired) electrons. The molecule has 2 aromatic rings. The summed E-state index contributed by atoms with van der Waals surface area (Å²) in [4.78, 5) is 10.1. The average Bonchev–Trinajstić information content (AvgIpc) is 2.99. The monoisotopic (exact) mass is 301 g/mol. The van der Waals surface area contributed by atoms with Crippen LogP contribution in [-0.4, -0.2) is 36.1 Å². The first-order valence-corrected chi connectivity index (χ1v) is 8.55. The second-order valence-corrected chi connectivity index (χ2v) is 6.81. The molecule has 0 aliphatic carbocycles. The smallest absolute Gasteiger partial charge is 0.0870 e. The summed E-state index contributed by atoms with van der Waals surface area (Å²) in [5.74, 6) is 0. The third kappa shape index (κ3) is 3.34. The maximum absolute atomic E-state index is 4.71. The number of aryl methyl sites for hydroxylation is 2. The van der Waals surface area contributed by atoms with E-state index >= 15 is 0 Å². The Hall–Kier alpha value is -1.23. The molecule has 1 atom stereocenters. The predicted octanol–water partition coefficient (Wildman–Crippen LogP) is 3.01. The van der Waals surface area contributed by atoms with Crippen molar-refractivity contribution in [3.63, 3.8) is 0 Å². The summed E-state index contributed by atoms with van der Waals surface area (Å²) in [6, 6.07) is 9.22. The van der Waals surface area contributed by atoms with E-state index in [0.29, 0.717) is 6.04 Å². The van der Waals surface area contributed by atoms with Gasteiger partial charge in [-0.05, 0) is 37.1 Å². The summed E-state index contributed by atoms with van der Waals surface area (Å²) in [6.07, 6.45) is 3.10. The Morgan fingerprint density at radius 1 is 1.24 bits per heavy atom. The second kappa shape index (κ2) is 6.69. The molecule has 1 fully saturated rings. The lowest BCUT2D eigenvalue weighted by atomic mass is 10.1. The van der Waals surface area contributed by atoms with Crippen molar-refractivity contribution in [1.29, 1.82) is 0 Å². The SMILES string of the molecule is CCc1ccc(C(c2ccc(C)cn2)N2CCNCC2)s1. The van der Waals surface area contributed by atoms with E-state index in [-0.39, 0.29) is 0 Å². The lowest BCUT2D eigenvalue weighted by Crippen LogP contribution is -2.45. The molecule has 21 heavy (non-hydrogen) atoms. The molecule has 2 aromatic heterocycles. The van der Waals surface area contributed by atoms with Crippen molar-refractivity contribution in [3.05, 3.63) is 51.5 Å². The van der Waals surface area contributed by atoms with Gasteiger partial charge in [-0.3, -0.25) is 9.88 Å². The van der Waals surface area contributed by atoms with Crippen LogP contribution < -0.4 is 5.32 Å². The van der Waals surface area contributed by atoms with Crippen LogP contribution in [0.2, 0.25) is 0 Å². The van der Waals surface area contributed by atoms with Gasteiger partial charge in [-0.15, -0.1) is 11.3 Å². The molecular weight excluding hydrogens is 278 g/mol. The standard InChI is InChI=1S/C17H23N3S/c1-3-14-5-7-16(21-14)17(20-10-8-18-9-11-20)15-6-4-13(2)12-19-15/h4-7,12,17-18H,3,8-11H2,1-2H3. The molecule has 1 aliphatic heterocycles. The fraction of sp³-hybridized carbons (Fsp3) is 0.471. The van der Waals surface area contributed by atoms with E-state index in [1.54, 1.807) is 0 Å². The maximum atomic E-state index is 4.71. The summed E-state index contributed by atoms with van der Waals surface area (Å²) in [5.41, 5.74) is 2.39. The number of rotatable bonds is 4. The molecule has 1 saturated heterocycles. The Kier molecular flexibility index (Phi) is 4.68. The van der Waals surface area contributed by atoms with Crippen molar-refractivity contribution in [2.45, 2.75) is 26.3 Å². The molecule has 3 nitrogen and oxygen atoms in total. The van der Waals surface area contributed by atoms with Gasteiger partial charge in [0.25, 0.3) is 0 Å². The van der Waals surface area contributed by atoms with Gasteiger partial charge in [-0.25, -0.2) is 0 Å². The highest BCUT2D eigenvalue weighted by Crippen LogP contribution is 2.33. The molecule has 112 valence electrons. The maximum Gasteiger partial charge on any atom is 0.0870 e. The summed E-state index contributed by atoms with van der Waals surface area (Å²) in [5, 5.41) is 3.44. The van der Waals surface area contributed by atoms with Crippen LogP contribution in [0, 0.1) is 6.92 Å². The molecule has 1 unspecified atom stereocenters. The molecule has 0 bridgehead atoms. The average molecular weight is 301 g/mol. The Morgan fingerprint density at radius 3 is 2.67 bits per heavy atom. The minimum absolute atomic E-state index is 0.304. The summed E-state index contributed by atoms with van der Waals surface area (Å²) < 4.78 is 0. The molecule has 0 aromatic carbocycles. The van der Waals surface area contributed by atoms with Gasteiger partial charge in [0.15, 0.2) is 0 Å². The highest BCUT2D eigenvalue weighted by Gasteiger charge is 2.26. The number of thiophene rings is 1. The van der Waals surface area contributed by atoms with Crippen molar-refractivity contribution in [3.8, 4) is 0 Å². The normalized spacial score (nSPS) is 17.8. The van der Waals surface area contributed by atoms with E-state index in [4.69, 9.17) is 4.98 Å². The molecular formula is C17H23N3S. The van der Waals surface area contributed by atoms with Gasteiger partial charge in [0.1, 0.15) is 0 Å². The van der Waals surface area contributed by atoms with Gasteiger partial charge in [0.05, 0.1) is 11.7 Å². The van der Waals surface area contributed by atoms with Crippen LogP contribution >= 0.6 is 11.3 Å². The molecule has 0 spiro atoms. The van der Waals surface area contributed by atoms with E-state index in [2.05, 4.69) is 48.3 Å². The highest BCUT2D eigenvalue weighted by atomic mass is 32.1. The van der Waals surface area contributed by atoms with Crippen molar-refractivity contribution < 1.29 is 0 Å². The van der Waals surface area contributed by atoms with Crippen molar-refractivity contribution in [2.75, 3.05) is 26.2 Å². The molecule has 0 amide bonds. The number of nitrogens with one attached hydrogen (secondary N) is 1. The number of hydrogen-bond acceptors (Lipinski definition) is 4. The van der Waals surface area contributed by atoms with E-state index in [1.807, 2.05) is 17.5 Å². The first-order valence-electron chi connectivity index (χ1n) is 7.74. The van der Waals surface area contributed by atoms with Crippen LogP contribution in [0.15, 0.2) is 30.5 Å². The van der Waals surface area contributed by atoms with Crippen LogP contribution in [0.1, 0.15) is 34.0 Å².